The summed E-state index contributed by atoms with van der Waals surface area (Å²) in [6, 6.07) is 18.6. The van der Waals surface area contributed by atoms with Crippen molar-refractivity contribution in [1.29, 1.82) is 0 Å². The fraction of sp³-hybridized carbons (Fsp3) is 0.303. The van der Waals surface area contributed by atoms with Gasteiger partial charge >= 0.3 is 0 Å². The molecule has 1 saturated heterocycles. The summed E-state index contributed by atoms with van der Waals surface area (Å²) in [4.78, 5) is 45.9. The van der Waals surface area contributed by atoms with E-state index in [1.165, 1.54) is 0 Å². The zero-order chi connectivity index (χ0) is 27.7. The van der Waals surface area contributed by atoms with Gasteiger partial charge in [0.2, 0.25) is 0 Å². The lowest BCUT2D eigenvalue weighted by Crippen LogP contribution is -2.49. The van der Waals surface area contributed by atoms with Crippen molar-refractivity contribution in [2.75, 3.05) is 11.5 Å². The highest BCUT2D eigenvalue weighted by atomic mass is 35.5. The molecule has 3 aromatic rings. The van der Waals surface area contributed by atoms with Crippen LogP contribution in [0.4, 0.5) is 5.69 Å². The Morgan fingerprint density at radius 2 is 1.62 bits per heavy atom. The molecule has 0 saturated carbocycles. The number of nitrogens with zero attached hydrogens (tertiary/aromatic N) is 1. The first-order chi connectivity index (χ1) is 18.6. The van der Waals surface area contributed by atoms with E-state index in [1.807, 2.05) is 81.1 Å². The van der Waals surface area contributed by atoms with Crippen molar-refractivity contribution in [3.63, 3.8) is 0 Å². The van der Waals surface area contributed by atoms with Gasteiger partial charge in [0, 0.05) is 38.7 Å². The first kappa shape index (κ1) is 25.6. The molecule has 0 radical (unpaired) electrons. The monoisotopic (exact) mass is 539 g/mol. The van der Waals surface area contributed by atoms with Crippen molar-refractivity contribution in [2.24, 2.45) is 10.8 Å². The molecule has 2 heterocycles. The third kappa shape index (κ3) is 3.49. The predicted octanol–water partition coefficient (Wildman–Crippen LogP) is 6.79. The lowest BCUT2D eigenvalue weighted by atomic mass is 9.63. The maximum absolute atomic E-state index is 14.7. The summed E-state index contributed by atoms with van der Waals surface area (Å²) in [6.45, 7) is 7.96. The summed E-state index contributed by atoms with van der Waals surface area (Å²) in [5.74, 6) is -0.752. The van der Waals surface area contributed by atoms with Crippen molar-refractivity contribution in [3.8, 4) is 5.75 Å². The number of ether oxygens (including phenoxy) is 1. The molecule has 198 valence electrons. The molecule has 1 spiro atoms. The zero-order valence-corrected chi connectivity index (χ0v) is 23.2. The Balaban J connectivity index is 1.72. The number of hydrogen-bond acceptors (Lipinski definition) is 5. The molecule has 3 atom stereocenters. The average molecular weight is 540 g/mol. The van der Waals surface area contributed by atoms with E-state index in [-0.39, 0.29) is 17.3 Å². The van der Waals surface area contributed by atoms with Gasteiger partial charge in [-0.25, -0.2) is 0 Å². The minimum absolute atomic E-state index is 0.0477. The number of halogens is 1. The second kappa shape index (κ2) is 8.92. The number of carbonyl (C=O) groups is 3. The van der Waals surface area contributed by atoms with Gasteiger partial charge in [-0.1, -0.05) is 87.0 Å². The molecule has 0 bridgehead atoms. The second-order valence-corrected chi connectivity index (χ2v) is 11.9. The molecule has 6 heteroatoms. The minimum atomic E-state index is -1.55. The zero-order valence-electron chi connectivity index (χ0n) is 22.4. The van der Waals surface area contributed by atoms with Gasteiger partial charge in [-0.05, 0) is 36.8 Å². The van der Waals surface area contributed by atoms with E-state index in [0.29, 0.717) is 34.1 Å². The van der Waals surface area contributed by atoms with Crippen LogP contribution in [0.2, 0.25) is 5.02 Å². The highest BCUT2D eigenvalue weighted by Gasteiger charge is 2.72. The van der Waals surface area contributed by atoms with Crippen LogP contribution in [0, 0.1) is 10.8 Å². The standard InChI is InChI=1S/C33H30ClNO4/c1-5-39-25-13-9-8-12-23(25)27-28(31(38)32(2,3)4)35-24-16-15-20(34)18-19(24)14-17-26(35)33(27)29(36)21-10-6-7-11-22(21)30(33)37/h6-18,26-28H,5H2,1-4H3/t26-,27-,28+/m1/s1. The van der Waals surface area contributed by atoms with E-state index in [2.05, 4.69) is 0 Å². The molecule has 5 nitrogen and oxygen atoms in total. The van der Waals surface area contributed by atoms with E-state index in [4.69, 9.17) is 16.3 Å². The maximum Gasteiger partial charge on any atom is 0.180 e. The summed E-state index contributed by atoms with van der Waals surface area (Å²) in [5.41, 5.74) is 0.827. The quantitative estimate of drug-likeness (QED) is 0.342. The third-order valence-corrected chi connectivity index (χ3v) is 8.56. The Bertz CT molecular complexity index is 1530. The number of fused-ring (bicyclic) bond motifs is 5. The molecule has 39 heavy (non-hydrogen) atoms. The van der Waals surface area contributed by atoms with Gasteiger partial charge in [0.15, 0.2) is 17.3 Å². The predicted molar refractivity (Wildman–Crippen MR) is 153 cm³/mol. The largest absolute Gasteiger partial charge is 0.494 e. The number of rotatable bonds is 4. The number of Topliss-reactive ketones (excluding diaryl/α,β-unsaturated/α-hetero) is 3. The van der Waals surface area contributed by atoms with Crippen molar-refractivity contribution in [2.45, 2.75) is 45.7 Å². The Kier molecular flexibility index (Phi) is 5.85. The van der Waals surface area contributed by atoms with Crippen molar-refractivity contribution < 1.29 is 19.1 Å². The first-order valence-electron chi connectivity index (χ1n) is 13.3. The van der Waals surface area contributed by atoms with E-state index in [9.17, 15) is 14.4 Å². The number of carbonyl (C=O) groups excluding carboxylic acids is 3. The van der Waals surface area contributed by atoms with Crippen molar-refractivity contribution in [3.05, 3.63) is 100 Å². The van der Waals surface area contributed by atoms with E-state index < -0.39 is 28.8 Å². The minimum Gasteiger partial charge on any atom is -0.494 e. The number of benzene rings is 3. The summed E-state index contributed by atoms with van der Waals surface area (Å²) >= 11 is 6.35. The van der Waals surface area contributed by atoms with Gasteiger partial charge in [0.1, 0.15) is 11.2 Å². The Hall–Kier alpha value is -3.70. The first-order valence-corrected chi connectivity index (χ1v) is 13.7. The Morgan fingerprint density at radius 3 is 2.26 bits per heavy atom. The summed E-state index contributed by atoms with van der Waals surface area (Å²) in [6.07, 6.45) is 3.83. The van der Waals surface area contributed by atoms with Gasteiger partial charge < -0.3 is 9.64 Å². The van der Waals surface area contributed by atoms with Crippen LogP contribution in [0.3, 0.4) is 0 Å². The van der Waals surface area contributed by atoms with Crippen LogP contribution in [-0.2, 0) is 4.79 Å². The summed E-state index contributed by atoms with van der Waals surface area (Å²) in [5, 5.41) is 0.572. The Morgan fingerprint density at radius 1 is 0.974 bits per heavy atom. The molecule has 3 aromatic carbocycles. The molecular formula is C33H30ClNO4. The summed E-state index contributed by atoms with van der Waals surface area (Å²) in [7, 11) is 0. The van der Waals surface area contributed by atoms with Crippen LogP contribution < -0.4 is 9.64 Å². The second-order valence-electron chi connectivity index (χ2n) is 11.5. The number of para-hydroxylation sites is 1. The van der Waals surface area contributed by atoms with Gasteiger partial charge in [-0.2, -0.15) is 0 Å². The van der Waals surface area contributed by atoms with Crippen LogP contribution in [0.1, 0.15) is 65.5 Å². The molecule has 0 unspecified atom stereocenters. The number of anilines is 1. The highest BCUT2D eigenvalue weighted by Crippen LogP contribution is 2.62. The van der Waals surface area contributed by atoms with Gasteiger partial charge in [-0.3, -0.25) is 14.4 Å². The highest BCUT2D eigenvalue weighted by molar-refractivity contribution is 6.32. The van der Waals surface area contributed by atoms with Gasteiger partial charge in [0.25, 0.3) is 0 Å². The van der Waals surface area contributed by atoms with Crippen LogP contribution in [0.15, 0.2) is 72.8 Å². The van der Waals surface area contributed by atoms with Crippen molar-refractivity contribution in [1.82, 2.24) is 0 Å². The molecule has 6 rings (SSSR count). The normalized spacial score (nSPS) is 22.6. The molecule has 3 aliphatic rings. The lowest BCUT2D eigenvalue weighted by Gasteiger charge is -2.38. The lowest BCUT2D eigenvalue weighted by molar-refractivity contribution is -0.127. The summed E-state index contributed by atoms with van der Waals surface area (Å²) < 4.78 is 6.06. The molecule has 0 N–H and O–H groups in total. The topological polar surface area (TPSA) is 63.7 Å². The molecule has 1 aliphatic carbocycles. The van der Waals surface area contributed by atoms with Crippen LogP contribution in [0.25, 0.3) is 6.08 Å². The number of ketones is 3. The average Bonchev–Trinajstić information content (AvgIpc) is 3.34. The fourth-order valence-electron chi connectivity index (χ4n) is 6.76. The molecular weight excluding hydrogens is 510 g/mol. The molecule has 0 amide bonds. The van der Waals surface area contributed by atoms with Gasteiger partial charge in [-0.15, -0.1) is 0 Å². The van der Waals surface area contributed by atoms with Crippen LogP contribution in [0.5, 0.6) is 5.75 Å². The Labute approximate surface area is 233 Å². The van der Waals surface area contributed by atoms with E-state index in [1.54, 1.807) is 30.3 Å². The third-order valence-electron chi connectivity index (χ3n) is 8.33. The van der Waals surface area contributed by atoms with E-state index in [0.717, 1.165) is 11.3 Å². The SMILES string of the molecule is CCOc1ccccc1[C@@H]1[C@@H](C(=O)C(C)(C)C)N2c3ccc(Cl)cc3C=C[C@@H]2C12C(=O)c1ccccc1C2=O. The van der Waals surface area contributed by atoms with Crippen LogP contribution >= 0.6 is 11.6 Å². The van der Waals surface area contributed by atoms with E-state index >= 15 is 0 Å². The van der Waals surface area contributed by atoms with Crippen molar-refractivity contribution >= 4 is 40.7 Å². The molecule has 1 fully saturated rings. The van der Waals surface area contributed by atoms with Crippen LogP contribution in [-0.4, -0.2) is 36.0 Å². The maximum atomic E-state index is 14.7. The smallest absolute Gasteiger partial charge is 0.180 e. The fourth-order valence-corrected chi connectivity index (χ4v) is 6.94. The number of hydrogen-bond donors (Lipinski definition) is 0. The van der Waals surface area contributed by atoms with Gasteiger partial charge in [0.05, 0.1) is 18.7 Å². The molecule has 0 aromatic heterocycles. The molecule has 2 aliphatic heterocycles.